The molecule has 0 aromatic heterocycles. The maximum Gasteiger partial charge on any atom is 0.323 e. The number of benzene rings is 1. The summed E-state index contributed by atoms with van der Waals surface area (Å²) in [5, 5.41) is 10.6. The highest BCUT2D eigenvalue weighted by atomic mass is 16.6. The molecule has 21 heavy (non-hydrogen) atoms. The minimum atomic E-state index is -0.401. The zero-order chi connectivity index (χ0) is 15.2. The second-order valence-corrected chi connectivity index (χ2v) is 5.24. The molecule has 6 nitrogen and oxygen atoms in total. The van der Waals surface area contributed by atoms with Gasteiger partial charge in [0.1, 0.15) is 6.04 Å². The van der Waals surface area contributed by atoms with Crippen molar-refractivity contribution < 1.29 is 14.5 Å². The van der Waals surface area contributed by atoms with Gasteiger partial charge in [-0.3, -0.25) is 19.8 Å². The van der Waals surface area contributed by atoms with Crippen LogP contribution in [0.5, 0.6) is 0 Å². The van der Waals surface area contributed by atoms with Gasteiger partial charge in [-0.25, -0.2) is 0 Å². The van der Waals surface area contributed by atoms with E-state index in [0.29, 0.717) is 0 Å². The number of hydrogen-bond donors (Lipinski definition) is 0. The molecule has 1 heterocycles. The molecule has 1 fully saturated rings. The number of nitrogens with zero attached hydrogens (tertiary/aromatic N) is 2. The Labute approximate surface area is 123 Å². The van der Waals surface area contributed by atoms with Crippen molar-refractivity contribution in [2.75, 3.05) is 20.2 Å². The highest BCUT2D eigenvalue weighted by Gasteiger charge is 2.28. The van der Waals surface area contributed by atoms with E-state index in [4.69, 9.17) is 4.74 Å². The summed E-state index contributed by atoms with van der Waals surface area (Å²) < 4.78 is 4.86. The predicted octanol–water partition coefficient (Wildman–Crippen LogP) is 2.16. The Morgan fingerprint density at radius 1 is 1.38 bits per heavy atom. The first-order chi connectivity index (χ1) is 10.1. The van der Waals surface area contributed by atoms with E-state index >= 15 is 0 Å². The highest BCUT2D eigenvalue weighted by molar-refractivity contribution is 5.75. The van der Waals surface area contributed by atoms with Crippen molar-refractivity contribution in [2.45, 2.75) is 31.7 Å². The van der Waals surface area contributed by atoms with Gasteiger partial charge in [0, 0.05) is 18.7 Å². The zero-order valence-electron chi connectivity index (χ0n) is 12.2. The summed E-state index contributed by atoms with van der Waals surface area (Å²) in [5.74, 6) is -0.168. The Kier molecular flexibility index (Phi) is 5.27. The lowest BCUT2D eigenvalue weighted by atomic mass is 10.0. The lowest BCUT2D eigenvalue weighted by Crippen LogP contribution is -2.46. The topological polar surface area (TPSA) is 72.7 Å². The largest absolute Gasteiger partial charge is 0.468 e. The minimum absolute atomic E-state index is 0.101. The predicted molar refractivity (Wildman–Crippen MR) is 78.0 cm³/mol. The zero-order valence-corrected chi connectivity index (χ0v) is 12.2. The summed E-state index contributed by atoms with van der Waals surface area (Å²) in [4.78, 5) is 24.1. The Bertz CT molecular complexity index is 501. The van der Waals surface area contributed by atoms with Gasteiger partial charge in [-0.05, 0) is 31.4 Å². The number of piperidine rings is 1. The average molecular weight is 292 g/mol. The van der Waals surface area contributed by atoms with Crippen LogP contribution in [0.4, 0.5) is 5.69 Å². The van der Waals surface area contributed by atoms with Crippen molar-refractivity contribution >= 4 is 11.7 Å². The Morgan fingerprint density at radius 2 is 2.10 bits per heavy atom. The van der Waals surface area contributed by atoms with Gasteiger partial charge in [-0.15, -0.1) is 0 Å². The minimum Gasteiger partial charge on any atom is -0.468 e. The van der Waals surface area contributed by atoms with Crippen LogP contribution in [0.1, 0.15) is 24.8 Å². The first kappa shape index (κ1) is 15.4. The number of carbonyl (C=O) groups excluding carboxylic acids is 1. The lowest BCUT2D eigenvalue weighted by Gasteiger charge is -2.33. The molecule has 2 rings (SSSR count). The molecule has 1 aliphatic heterocycles. The SMILES string of the molecule is COC(=O)C1CCCCN1CCc1ccc([N+](=O)[O-])cc1. The van der Waals surface area contributed by atoms with E-state index in [9.17, 15) is 14.9 Å². The quantitative estimate of drug-likeness (QED) is 0.472. The molecule has 1 unspecified atom stereocenters. The van der Waals surface area contributed by atoms with Crippen LogP contribution in [0.2, 0.25) is 0 Å². The molecule has 1 aromatic carbocycles. The highest BCUT2D eigenvalue weighted by Crippen LogP contribution is 2.19. The number of methoxy groups -OCH3 is 1. The fraction of sp³-hybridized carbons (Fsp3) is 0.533. The smallest absolute Gasteiger partial charge is 0.323 e. The van der Waals surface area contributed by atoms with Gasteiger partial charge in [0.25, 0.3) is 5.69 Å². The monoisotopic (exact) mass is 292 g/mol. The summed E-state index contributed by atoms with van der Waals surface area (Å²) in [5.41, 5.74) is 1.14. The molecule has 0 spiro atoms. The summed E-state index contributed by atoms with van der Waals surface area (Å²) in [7, 11) is 1.42. The molecule has 0 radical (unpaired) electrons. The van der Waals surface area contributed by atoms with Gasteiger partial charge in [0.05, 0.1) is 12.0 Å². The van der Waals surface area contributed by atoms with Crippen LogP contribution in [-0.2, 0) is 16.0 Å². The number of esters is 1. The lowest BCUT2D eigenvalue weighted by molar-refractivity contribution is -0.384. The second kappa shape index (κ2) is 7.17. The van der Waals surface area contributed by atoms with E-state index in [-0.39, 0.29) is 17.7 Å². The molecule has 1 aromatic rings. The van der Waals surface area contributed by atoms with Crippen LogP contribution in [0.3, 0.4) is 0 Å². The maximum absolute atomic E-state index is 11.8. The number of likely N-dealkylation sites (tertiary alicyclic amines) is 1. The Morgan fingerprint density at radius 3 is 2.71 bits per heavy atom. The third kappa shape index (κ3) is 4.01. The van der Waals surface area contributed by atoms with Gasteiger partial charge < -0.3 is 4.74 Å². The fourth-order valence-electron chi connectivity index (χ4n) is 2.72. The number of nitro benzene ring substituents is 1. The van der Waals surface area contributed by atoms with E-state index in [1.165, 1.54) is 19.2 Å². The normalized spacial score (nSPS) is 19.2. The van der Waals surface area contributed by atoms with E-state index in [2.05, 4.69) is 4.90 Å². The van der Waals surface area contributed by atoms with Crippen LogP contribution in [0.15, 0.2) is 24.3 Å². The number of hydrogen-bond acceptors (Lipinski definition) is 5. The second-order valence-electron chi connectivity index (χ2n) is 5.24. The van der Waals surface area contributed by atoms with E-state index in [1.807, 2.05) is 0 Å². The molecular weight excluding hydrogens is 272 g/mol. The number of nitro groups is 1. The molecule has 6 heteroatoms. The molecule has 0 saturated carbocycles. The van der Waals surface area contributed by atoms with Gasteiger partial charge in [0.2, 0.25) is 0 Å². The third-order valence-corrected chi connectivity index (χ3v) is 3.92. The summed E-state index contributed by atoms with van der Waals surface area (Å²) in [6, 6.07) is 6.43. The molecule has 0 N–H and O–H groups in total. The summed E-state index contributed by atoms with van der Waals surface area (Å²) in [6.07, 6.45) is 3.75. The van der Waals surface area contributed by atoms with Crippen LogP contribution >= 0.6 is 0 Å². The van der Waals surface area contributed by atoms with E-state index < -0.39 is 4.92 Å². The van der Waals surface area contributed by atoms with Crippen molar-refractivity contribution in [3.8, 4) is 0 Å². The molecule has 1 atom stereocenters. The maximum atomic E-state index is 11.8. The van der Waals surface area contributed by atoms with Gasteiger partial charge in [-0.1, -0.05) is 18.6 Å². The van der Waals surface area contributed by atoms with Crippen LogP contribution < -0.4 is 0 Å². The first-order valence-corrected chi connectivity index (χ1v) is 7.17. The molecule has 0 amide bonds. The fourth-order valence-corrected chi connectivity index (χ4v) is 2.72. The third-order valence-electron chi connectivity index (χ3n) is 3.92. The molecule has 1 aliphatic rings. The van der Waals surface area contributed by atoms with Crippen LogP contribution in [-0.4, -0.2) is 42.0 Å². The van der Waals surface area contributed by atoms with Gasteiger partial charge in [0.15, 0.2) is 0 Å². The number of ether oxygens (including phenoxy) is 1. The number of carbonyl (C=O) groups is 1. The molecule has 0 aliphatic carbocycles. The number of non-ortho nitro benzene ring substituents is 1. The number of rotatable bonds is 5. The van der Waals surface area contributed by atoms with Crippen molar-refractivity contribution in [3.05, 3.63) is 39.9 Å². The molecular formula is C15H20N2O4. The van der Waals surface area contributed by atoms with Crippen molar-refractivity contribution in [2.24, 2.45) is 0 Å². The van der Waals surface area contributed by atoms with Crippen molar-refractivity contribution in [3.63, 3.8) is 0 Å². The molecule has 114 valence electrons. The summed E-state index contributed by atoms with van der Waals surface area (Å²) in [6.45, 7) is 1.66. The molecule has 1 saturated heterocycles. The summed E-state index contributed by atoms with van der Waals surface area (Å²) >= 11 is 0. The van der Waals surface area contributed by atoms with Crippen molar-refractivity contribution in [1.82, 2.24) is 4.90 Å². The Hall–Kier alpha value is -1.95. The van der Waals surface area contributed by atoms with Crippen LogP contribution in [0.25, 0.3) is 0 Å². The standard InChI is InChI=1S/C15H20N2O4/c1-21-15(18)14-4-2-3-10-16(14)11-9-12-5-7-13(8-6-12)17(19)20/h5-8,14H,2-4,9-11H2,1H3. The van der Waals surface area contributed by atoms with Gasteiger partial charge in [-0.2, -0.15) is 0 Å². The van der Waals surface area contributed by atoms with Crippen LogP contribution in [0, 0.1) is 10.1 Å². The first-order valence-electron chi connectivity index (χ1n) is 7.17. The van der Waals surface area contributed by atoms with E-state index in [0.717, 1.165) is 44.3 Å². The van der Waals surface area contributed by atoms with Gasteiger partial charge >= 0.3 is 5.97 Å². The Balaban J connectivity index is 1.94. The molecule has 0 bridgehead atoms. The average Bonchev–Trinajstić information content (AvgIpc) is 2.52. The van der Waals surface area contributed by atoms with Crippen molar-refractivity contribution in [1.29, 1.82) is 0 Å². The van der Waals surface area contributed by atoms with E-state index in [1.54, 1.807) is 12.1 Å².